The van der Waals surface area contributed by atoms with Gasteiger partial charge in [-0.15, -0.1) is 0 Å². The van der Waals surface area contributed by atoms with Gasteiger partial charge in [-0.05, 0) is 50.2 Å². The number of halogens is 1. The van der Waals surface area contributed by atoms with Crippen LogP contribution < -0.4 is 20.1 Å². The van der Waals surface area contributed by atoms with E-state index in [1.807, 2.05) is 12.1 Å². The Bertz CT molecular complexity index is 862. The molecule has 0 amide bonds. The second-order valence-corrected chi connectivity index (χ2v) is 8.77. The van der Waals surface area contributed by atoms with Gasteiger partial charge in [0.05, 0.1) is 23.7 Å². The number of para-hydroxylation sites is 2. The molecule has 0 saturated carbocycles. The van der Waals surface area contributed by atoms with Gasteiger partial charge in [0.15, 0.2) is 0 Å². The Morgan fingerprint density at radius 1 is 1.14 bits per heavy atom. The van der Waals surface area contributed by atoms with Crippen molar-refractivity contribution >= 4 is 33.0 Å². The van der Waals surface area contributed by atoms with Gasteiger partial charge in [0.25, 0.3) is 0 Å². The first-order valence-corrected chi connectivity index (χ1v) is 11.4. The van der Waals surface area contributed by atoms with E-state index in [1.54, 1.807) is 50.2 Å². The molecule has 9 heteroatoms. The largest absolute Gasteiger partial charge is 0.492 e. The molecule has 0 aliphatic rings. The van der Waals surface area contributed by atoms with Crippen LogP contribution in [-0.2, 0) is 14.8 Å². The molecule has 7 nitrogen and oxygen atoms in total. The molecular formula is C20H28ClN3O4S. The molecule has 0 fully saturated rings. The topological polar surface area (TPSA) is 93.9 Å². The summed E-state index contributed by atoms with van der Waals surface area (Å²) >= 11 is 5.87. The molecule has 29 heavy (non-hydrogen) atoms. The van der Waals surface area contributed by atoms with E-state index in [0.29, 0.717) is 41.8 Å². The number of sulfonamides is 1. The lowest BCUT2D eigenvalue weighted by Crippen LogP contribution is -2.42. The summed E-state index contributed by atoms with van der Waals surface area (Å²) in [6.07, 6.45) is -0.684. The maximum Gasteiger partial charge on any atom is 0.237 e. The first kappa shape index (κ1) is 23.3. The molecule has 1 unspecified atom stereocenters. The van der Waals surface area contributed by atoms with Crippen LogP contribution in [-0.4, -0.2) is 46.7 Å². The number of ether oxygens (including phenoxy) is 2. The van der Waals surface area contributed by atoms with E-state index in [1.165, 1.54) is 4.31 Å². The van der Waals surface area contributed by atoms with Gasteiger partial charge < -0.3 is 20.5 Å². The summed E-state index contributed by atoms with van der Waals surface area (Å²) in [5.41, 5.74) is 6.69. The highest BCUT2D eigenvalue weighted by atomic mass is 35.5. The Kier molecular flexibility index (Phi) is 9.03. The van der Waals surface area contributed by atoms with Crippen molar-refractivity contribution < 1.29 is 17.9 Å². The lowest BCUT2D eigenvalue weighted by molar-refractivity contribution is 0.0802. The van der Waals surface area contributed by atoms with Crippen molar-refractivity contribution in [2.45, 2.75) is 20.1 Å². The molecule has 0 heterocycles. The summed E-state index contributed by atoms with van der Waals surface area (Å²) < 4.78 is 38.1. The van der Waals surface area contributed by atoms with Crippen molar-refractivity contribution in [1.29, 1.82) is 0 Å². The van der Waals surface area contributed by atoms with Crippen molar-refractivity contribution in [3.05, 3.63) is 53.6 Å². The fraction of sp³-hybridized carbons (Fsp3) is 0.400. The van der Waals surface area contributed by atoms with Crippen LogP contribution in [0.3, 0.4) is 0 Å². The van der Waals surface area contributed by atoms with E-state index >= 15 is 0 Å². The minimum atomic E-state index is -3.56. The van der Waals surface area contributed by atoms with Gasteiger partial charge in [-0.2, -0.15) is 0 Å². The van der Waals surface area contributed by atoms with E-state index < -0.39 is 16.3 Å². The molecule has 1 atom stereocenters. The highest BCUT2D eigenvalue weighted by Gasteiger charge is 2.28. The lowest BCUT2D eigenvalue weighted by Gasteiger charge is -2.31. The summed E-state index contributed by atoms with van der Waals surface area (Å²) in [7, 11) is -3.56. The highest BCUT2D eigenvalue weighted by molar-refractivity contribution is 7.92. The highest BCUT2D eigenvalue weighted by Crippen LogP contribution is 2.30. The molecule has 0 aliphatic heterocycles. The monoisotopic (exact) mass is 441 g/mol. The van der Waals surface area contributed by atoms with Crippen molar-refractivity contribution in [2.24, 2.45) is 5.73 Å². The zero-order valence-corrected chi connectivity index (χ0v) is 18.2. The van der Waals surface area contributed by atoms with Crippen LogP contribution in [0.1, 0.15) is 13.8 Å². The maximum atomic E-state index is 12.8. The molecule has 160 valence electrons. The van der Waals surface area contributed by atoms with Gasteiger partial charge in [0.1, 0.15) is 18.6 Å². The van der Waals surface area contributed by atoms with Crippen LogP contribution in [0.4, 0.5) is 11.4 Å². The molecule has 0 aromatic heterocycles. The first-order chi connectivity index (χ1) is 13.9. The van der Waals surface area contributed by atoms with E-state index in [-0.39, 0.29) is 12.4 Å². The molecule has 0 radical (unpaired) electrons. The number of rotatable bonds is 12. The Hall–Kier alpha value is -2.00. The van der Waals surface area contributed by atoms with Crippen LogP contribution >= 0.6 is 11.6 Å². The van der Waals surface area contributed by atoms with Crippen LogP contribution in [0.2, 0.25) is 5.02 Å². The van der Waals surface area contributed by atoms with Crippen LogP contribution in [0.25, 0.3) is 0 Å². The smallest absolute Gasteiger partial charge is 0.237 e. The van der Waals surface area contributed by atoms with Crippen LogP contribution in [0, 0.1) is 0 Å². The Balaban J connectivity index is 2.12. The molecule has 2 rings (SSSR count). The van der Waals surface area contributed by atoms with Gasteiger partial charge >= 0.3 is 0 Å². The number of hydrogen-bond donors (Lipinski definition) is 2. The number of nitrogens with zero attached hydrogens (tertiary/aromatic N) is 1. The lowest BCUT2D eigenvalue weighted by atomic mass is 10.2. The summed E-state index contributed by atoms with van der Waals surface area (Å²) in [4.78, 5) is 0. The maximum absolute atomic E-state index is 12.8. The average molecular weight is 442 g/mol. The molecule has 2 aromatic rings. The quantitative estimate of drug-likeness (QED) is 0.387. The van der Waals surface area contributed by atoms with Gasteiger partial charge in [-0.25, -0.2) is 12.7 Å². The summed E-state index contributed by atoms with van der Waals surface area (Å²) in [6, 6.07) is 14.3. The van der Waals surface area contributed by atoms with Gasteiger partial charge in [0, 0.05) is 18.1 Å². The van der Waals surface area contributed by atoms with Gasteiger partial charge in [0.2, 0.25) is 10.0 Å². The third-order valence-corrected chi connectivity index (χ3v) is 6.19. The fourth-order valence-corrected chi connectivity index (χ4v) is 4.09. The van der Waals surface area contributed by atoms with Crippen molar-refractivity contribution in [3.63, 3.8) is 0 Å². The molecular weight excluding hydrogens is 414 g/mol. The normalized spacial score (nSPS) is 12.4. The predicted octanol–water partition coefficient (Wildman–Crippen LogP) is 3.31. The molecule has 0 aliphatic carbocycles. The number of nitrogens with one attached hydrogen (secondary N) is 1. The summed E-state index contributed by atoms with van der Waals surface area (Å²) in [6.45, 7) is 4.76. The zero-order chi connectivity index (χ0) is 21.3. The minimum absolute atomic E-state index is 0.0443. The second kappa shape index (κ2) is 11.3. The number of nitrogens with two attached hydrogens (primary N) is 1. The molecule has 0 bridgehead atoms. The predicted molar refractivity (Wildman–Crippen MR) is 118 cm³/mol. The van der Waals surface area contributed by atoms with Crippen LogP contribution in [0.5, 0.6) is 5.75 Å². The summed E-state index contributed by atoms with van der Waals surface area (Å²) in [5, 5.41) is 3.89. The van der Waals surface area contributed by atoms with E-state index in [2.05, 4.69) is 5.32 Å². The third-order valence-electron chi connectivity index (χ3n) is 4.11. The standard InChI is InChI=1S/C20H28ClN3O4S/c1-3-29(25,26)24(16(2)27-14-12-22)20-7-5-4-6-19(20)23-13-15-28-18-10-8-17(21)9-11-18/h4-11,16,23H,3,12-15,22H2,1-2H3. The van der Waals surface area contributed by atoms with E-state index in [0.717, 1.165) is 0 Å². The summed E-state index contributed by atoms with van der Waals surface area (Å²) in [5.74, 6) is 0.667. The fourth-order valence-electron chi connectivity index (χ4n) is 2.72. The Morgan fingerprint density at radius 3 is 2.48 bits per heavy atom. The van der Waals surface area contributed by atoms with Crippen molar-refractivity contribution in [1.82, 2.24) is 0 Å². The van der Waals surface area contributed by atoms with E-state index in [9.17, 15) is 8.42 Å². The Labute approximate surface area is 177 Å². The third kappa shape index (κ3) is 6.78. The number of anilines is 2. The second-order valence-electron chi connectivity index (χ2n) is 6.20. The molecule has 0 saturated heterocycles. The van der Waals surface area contributed by atoms with E-state index in [4.69, 9.17) is 26.8 Å². The van der Waals surface area contributed by atoms with Gasteiger partial charge in [-0.3, -0.25) is 0 Å². The molecule has 3 N–H and O–H groups in total. The number of hydrogen-bond acceptors (Lipinski definition) is 6. The van der Waals surface area contributed by atoms with Crippen molar-refractivity contribution in [3.8, 4) is 5.75 Å². The zero-order valence-electron chi connectivity index (χ0n) is 16.7. The molecule has 2 aromatic carbocycles. The molecule has 0 spiro atoms. The minimum Gasteiger partial charge on any atom is -0.492 e. The SMILES string of the molecule is CCS(=O)(=O)N(c1ccccc1NCCOc1ccc(Cl)cc1)C(C)OCCN. The van der Waals surface area contributed by atoms with Crippen molar-refractivity contribution in [2.75, 3.05) is 41.7 Å². The average Bonchev–Trinajstić information content (AvgIpc) is 2.72. The van der Waals surface area contributed by atoms with Crippen LogP contribution in [0.15, 0.2) is 48.5 Å². The first-order valence-electron chi connectivity index (χ1n) is 9.44. The number of benzene rings is 2. The van der Waals surface area contributed by atoms with Gasteiger partial charge in [-0.1, -0.05) is 23.7 Å². The Morgan fingerprint density at radius 2 is 1.83 bits per heavy atom.